The van der Waals surface area contributed by atoms with Gasteiger partial charge in [-0.25, -0.2) is 9.18 Å². The molecule has 0 aliphatic rings. The van der Waals surface area contributed by atoms with Crippen molar-refractivity contribution < 1.29 is 18.5 Å². The summed E-state index contributed by atoms with van der Waals surface area (Å²) in [5.74, 6) is -2.15. The minimum absolute atomic E-state index is 0.0958. The number of rotatable bonds is 4. The zero-order valence-electron chi connectivity index (χ0n) is 9.91. The average Bonchev–Trinajstić information content (AvgIpc) is 2.74. The van der Waals surface area contributed by atoms with Crippen molar-refractivity contribution in [3.63, 3.8) is 0 Å². The van der Waals surface area contributed by atoms with Gasteiger partial charge in [-0.15, -0.1) is 5.10 Å². The lowest BCUT2D eigenvalue weighted by molar-refractivity contribution is 0.0691. The number of carboxylic acids is 1. The smallest absolute Gasteiger partial charge is 0.338 e. The number of nitrogens with zero attached hydrogens (tertiary/aromatic N) is 3. The number of aryl methyl sites for hydroxylation is 1. The number of halogens is 1. The van der Waals surface area contributed by atoms with Crippen LogP contribution in [0.15, 0.2) is 29.3 Å². The van der Waals surface area contributed by atoms with Crippen LogP contribution in [0.1, 0.15) is 16.1 Å². The lowest BCUT2D eigenvalue weighted by Crippen LogP contribution is -2.04. The van der Waals surface area contributed by atoms with E-state index in [1.807, 2.05) is 0 Å². The maximum atomic E-state index is 13.2. The first-order valence-electron chi connectivity index (χ1n) is 5.24. The first kappa shape index (κ1) is 13.3. The van der Waals surface area contributed by atoms with Gasteiger partial charge in [-0.05, 0) is 18.2 Å². The van der Waals surface area contributed by atoms with E-state index in [2.05, 4.69) is 10.3 Å². The second kappa shape index (κ2) is 5.27. The first-order valence-corrected chi connectivity index (χ1v) is 6.55. The molecule has 0 radical (unpaired) electrons. The first-order chi connectivity index (χ1) is 8.97. The van der Waals surface area contributed by atoms with Crippen molar-refractivity contribution in [3.8, 4) is 0 Å². The molecule has 2 aromatic rings. The van der Waals surface area contributed by atoms with Gasteiger partial charge >= 0.3 is 5.97 Å². The molecule has 1 aromatic heterocycles. The van der Waals surface area contributed by atoms with Crippen LogP contribution < -0.4 is 0 Å². The summed E-state index contributed by atoms with van der Waals surface area (Å²) in [4.78, 5) is 11.0. The second-order valence-corrected chi connectivity index (χ2v) is 5.27. The number of carbonyl (C=O) groups is 1. The Morgan fingerprint density at radius 1 is 1.53 bits per heavy atom. The highest BCUT2D eigenvalue weighted by molar-refractivity contribution is 7.84. The molecule has 100 valence electrons. The van der Waals surface area contributed by atoms with E-state index in [9.17, 15) is 13.4 Å². The van der Waals surface area contributed by atoms with Gasteiger partial charge in [0.15, 0.2) is 0 Å². The standard InChI is InChI=1S/C11H10FN3O3S/c1-15-5-7(13-14-15)6-19(18)8-2-3-10(12)9(4-8)11(16)17/h2-5H,6H2,1H3,(H,16,17). The summed E-state index contributed by atoms with van der Waals surface area (Å²) in [6.07, 6.45) is 1.61. The van der Waals surface area contributed by atoms with Crippen molar-refractivity contribution in [1.29, 1.82) is 0 Å². The molecule has 0 aliphatic carbocycles. The Kier molecular flexibility index (Phi) is 3.70. The highest BCUT2D eigenvalue weighted by Crippen LogP contribution is 2.16. The van der Waals surface area contributed by atoms with E-state index >= 15 is 0 Å². The minimum atomic E-state index is -1.50. The van der Waals surface area contributed by atoms with E-state index in [0.717, 1.165) is 12.1 Å². The van der Waals surface area contributed by atoms with Crippen LogP contribution in [0, 0.1) is 5.82 Å². The van der Waals surface area contributed by atoms with E-state index in [4.69, 9.17) is 5.11 Å². The molecule has 1 aromatic carbocycles. The second-order valence-electron chi connectivity index (χ2n) is 3.82. The summed E-state index contributed by atoms with van der Waals surface area (Å²) in [7, 11) is 0.178. The average molecular weight is 283 g/mol. The third kappa shape index (κ3) is 3.02. The number of hydrogen-bond acceptors (Lipinski definition) is 4. The van der Waals surface area contributed by atoms with Gasteiger partial charge in [0, 0.05) is 18.1 Å². The molecule has 1 N–H and O–H groups in total. The largest absolute Gasteiger partial charge is 0.478 e. The van der Waals surface area contributed by atoms with Crippen LogP contribution in [0.4, 0.5) is 4.39 Å². The molecule has 0 aliphatic heterocycles. The normalized spacial score (nSPS) is 12.3. The van der Waals surface area contributed by atoms with E-state index in [0.29, 0.717) is 5.69 Å². The third-order valence-corrected chi connectivity index (χ3v) is 3.70. The molecular formula is C11H10FN3O3S. The monoisotopic (exact) mass is 283 g/mol. The molecule has 0 saturated carbocycles. The molecule has 6 nitrogen and oxygen atoms in total. The molecule has 0 bridgehead atoms. The van der Waals surface area contributed by atoms with E-state index in [-0.39, 0.29) is 10.6 Å². The lowest BCUT2D eigenvalue weighted by atomic mass is 10.2. The van der Waals surface area contributed by atoms with Crippen LogP contribution >= 0.6 is 0 Å². The van der Waals surface area contributed by atoms with Crippen molar-refractivity contribution in [2.45, 2.75) is 10.6 Å². The summed E-state index contributed by atoms with van der Waals surface area (Å²) in [6, 6.07) is 3.37. The number of hydrogen-bond donors (Lipinski definition) is 1. The van der Waals surface area contributed by atoms with Gasteiger partial charge in [0.1, 0.15) is 5.82 Å². The quantitative estimate of drug-likeness (QED) is 0.903. The van der Waals surface area contributed by atoms with Crippen molar-refractivity contribution in [1.82, 2.24) is 15.0 Å². The fourth-order valence-electron chi connectivity index (χ4n) is 1.49. The van der Waals surface area contributed by atoms with Crippen LogP contribution in [0.25, 0.3) is 0 Å². The van der Waals surface area contributed by atoms with Gasteiger partial charge in [0.05, 0.1) is 27.8 Å². The summed E-state index contributed by atoms with van der Waals surface area (Å²) >= 11 is 0. The van der Waals surface area contributed by atoms with Crippen molar-refractivity contribution in [3.05, 3.63) is 41.5 Å². The highest BCUT2D eigenvalue weighted by Gasteiger charge is 2.14. The van der Waals surface area contributed by atoms with Crippen LogP contribution in [0.2, 0.25) is 0 Å². The number of aromatic carboxylic acids is 1. The Hall–Kier alpha value is -2.09. The Bertz CT molecular complexity index is 656. The summed E-state index contributed by atoms with van der Waals surface area (Å²) < 4.78 is 26.7. The van der Waals surface area contributed by atoms with Crippen LogP contribution in [0.3, 0.4) is 0 Å². The van der Waals surface area contributed by atoms with Gasteiger partial charge in [0.2, 0.25) is 0 Å². The van der Waals surface area contributed by atoms with E-state index in [1.54, 1.807) is 13.2 Å². The molecular weight excluding hydrogens is 273 g/mol. The Labute approximate surface area is 110 Å². The molecule has 1 unspecified atom stereocenters. The zero-order chi connectivity index (χ0) is 14.0. The Morgan fingerprint density at radius 2 is 2.26 bits per heavy atom. The van der Waals surface area contributed by atoms with E-state index < -0.39 is 28.1 Å². The summed E-state index contributed by atoms with van der Waals surface area (Å²) in [5, 5.41) is 16.3. The number of carboxylic acid groups (broad SMARTS) is 1. The predicted octanol–water partition coefficient (Wildman–Crippen LogP) is 0.960. The van der Waals surface area contributed by atoms with Crippen LogP contribution in [-0.2, 0) is 23.6 Å². The Morgan fingerprint density at radius 3 is 2.84 bits per heavy atom. The Balaban J connectivity index is 2.24. The highest BCUT2D eigenvalue weighted by atomic mass is 32.2. The molecule has 0 amide bonds. The minimum Gasteiger partial charge on any atom is -0.478 e. The lowest BCUT2D eigenvalue weighted by Gasteiger charge is -2.02. The van der Waals surface area contributed by atoms with Gasteiger partial charge in [-0.1, -0.05) is 5.21 Å². The van der Waals surface area contributed by atoms with Gasteiger partial charge < -0.3 is 5.11 Å². The van der Waals surface area contributed by atoms with Crippen molar-refractivity contribution >= 4 is 16.8 Å². The van der Waals surface area contributed by atoms with Gasteiger partial charge in [0.25, 0.3) is 0 Å². The molecule has 1 heterocycles. The van der Waals surface area contributed by atoms with Crippen molar-refractivity contribution in [2.75, 3.05) is 0 Å². The third-order valence-electron chi connectivity index (χ3n) is 2.36. The summed E-state index contributed by atoms with van der Waals surface area (Å²) in [6.45, 7) is 0. The maximum absolute atomic E-state index is 13.2. The molecule has 1 atom stereocenters. The molecule has 0 fully saturated rings. The maximum Gasteiger partial charge on any atom is 0.338 e. The van der Waals surface area contributed by atoms with Crippen molar-refractivity contribution in [2.24, 2.45) is 7.05 Å². The van der Waals surface area contributed by atoms with E-state index in [1.165, 1.54) is 10.7 Å². The van der Waals surface area contributed by atoms with Crippen LogP contribution in [0.5, 0.6) is 0 Å². The number of aromatic nitrogens is 3. The molecule has 2 rings (SSSR count). The number of benzene rings is 1. The molecule has 8 heteroatoms. The van der Waals surface area contributed by atoms with Gasteiger partial charge in [-0.2, -0.15) is 0 Å². The van der Waals surface area contributed by atoms with Crippen LogP contribution in [-0.4, -0.2) is 30.3 Å². The van der Waals surface area contributed by atoms with Gasteiger partial charge in [-0.3, -0.25) is 8.89 Å². The predicted molar refractivity (Wildman–Crippen MR) is 64.5 cm³/mol. The fraction of sp³-hybridized carbons (Fsp3) is 0.182. The fourth-order valence-corrected chi connectivity index (χ4v) is 2.53. The molecule has 19 heavy (non-hydrogen) atoms. The topological polar surface area (TPSA) is 85.1 Å². The molecule has 0 spiro atoms. The molecule has 0 saturated heterocycles. The zero-order valence-corrected chi connectivity index (χ0v) is 10.7. The summed E-state index contributed by atoms with van der Waals surface area (Å²) in [5.41, 5.74) is 0.0204. The SMILES string of the molecule is Cn1cc(CS(=O)c2ccc(F)c(C(=O)O)c2)nn1.